The number of hydrogen-bond acceptors (Lipinski definition) is 7. The van der Waals surface area contributed by atoms with Crippen LogP contribution in [0.3, 0.4) is 0 Å². The van der Waals surface area contributed by atoms with Gasteiger partial charge < -0.3 is 20.7 Å². The number of thioether (sulfide) groups is 1. The Morgan fingerprint density at radius 1 is 0.891 bits per heavy atom. The Balaban J connectivity index is 1.16. The van der Waals surface area contributed by atoms with Crippen molar-refractivity contribution in [3.05, 3.63) is 131 Å². The number of benzene rings is 4. The molecule has 0 spiro atoms. The summed E-state index contributed by atoms with van der Waals surface area (Å²) in [6.07, 6.45) is 1.47. The van der Waals surface area contributed by atoms with Crippen LogP contribution in [0, 0.1) is 5.82 Å². The second-order valence-electron chi connectivity index (χ2n) is 9.74. The minimum Gasteiger partial charge on any atom is -0.494 e. The SMILES string of the molecule is CCOc1ccc(-c2csc(NC(=O)CSc3ccc(NC(=O)/C(=C/c4ccc(F)cc4)NC(=O)c4ccccc4)cc3)n2)cc1. The molecule has 0 unspecified atom stereocenters. The first-order valence-corrected chi connectivity index (χ1v) is 16.1. The van der Waals surface area contributed by atoms with Crippen molar-refractivity contribution in [2.24, 2.45) is 0 Å². The molecular weight excluding hydrogens is 624 g/mol. The Kier molecular flexibility index (Phi) is 10.9. The molecule has 8 nitrogen and oxygen atoms in total. The van der Waals surface area contributed by atoms with Gasteiger partial charge in [0.1, 0.15) is 17.3 Å². The third kappa shape index (κ3) is 9.13. The lowest BCUT2D eigenvalue weighted by Crippen LogP contribution is -2.30. The van der Waals surface area contributed by atoms with Gasteiger partial charge in [-0.25, -0.2) is 9.37 Å². The van der Waals surface area contributed by atoms with E-state index >= 15 is 0 Å². The molecule has 11 heteroatoms. The monoisotopic (exact) mass is 652 g/mol. The van der Waals surface area contributed by atoms with Crippen molar-refractivity contribution in [3.8, 4) is 17.0 Å². The topological polar surface area (TPSA) is 109 Å². The fraction of sp³-hybridized carbons (Fsp3) is 0.0857. The van der Waals surface area contributed by atoms with E-state index in [1.54, 1.807) is 54.6 Å². The van der Waals surface area contributed by atoms with E-state index < -0.39 is 17.6 Å². The van der Waals surface area contributed by atoms with Gasteiger partial charge in [-0.15, -0.1) is 23.1 Å². The standard InChI is InChI=1S/C35H29FN4O4S2/c1-2-44-28-16-10-24(11-17-28)31-21-46-35(39-31)40-32(41)22-45-29-18-14-27(15-19-29)37-34(43)30(20-23-8-12-26(36)13-9-23)38-33(42)25-6-4-3-5-7-25/h3-21H,2,22H2,1H3,(H,37,43)(H,38,42)(H,39,40,41)/b30-20-. The summed E-state index contributed by atoms with van der Waals surface area (Å²) < 4.78 is 18.9. The Morgan fingerprint density at radius 2 is 1.61 bits per heavy atom. The van der Waals surface area contributed by atoms with E-state index in [1.807, 2.05) is 36.6 Å². The molecule has 0 aliphatic heterocycles. The zero-order valence-electron chi connectivity index (χ0n) is 24.7. The molecular formula is C35H29FN4O4S2. The third-order valence-corrected chi connectivity index (χ3v) is 8.17. The molecule has 232 valence electrons. The lowest BCUT2D eigenvalue weighted by atomic mass is 10.1. The van der Waals surface area contributed by atoms with Crippen LogP contribution in [0.2, 0.25) is 0 Å². The van der Waals surface area contributed by atoms with Gasteiger partial charge in [-0.1, -0.05) is 30.3 Å². The van der Waals surface area contributed by atoms with Crippen LogP contribution < -0.4 is 20.7 Å². The van der Waals surface area contributed by atoms with Crippen molar-refractivity contribution in [1.82, 2.24) is 10.3 Å². The van der Waals surface area contributed by atoms with Crippen molar-refractivity contribution in [2.45, 2.75) is 11.8 Å². The van der Waals surface area contributed by atoms with Crippen molar-refractivity contribution in [1.29, 1.82) is 0 Å². The first kappa shape index (κ1) is 32.1. The molecule has 0 aliphatic rings. The molecule has 3 N–H and O–H groups in total. The summed E-state index contributed by atoms with van der Waals surface area (Å²) in [7, 11) is 0. The minimum absolute atomic E-state index is 0.0107. The second-order valence-corrected chi connectivity index (χ2v) is 11.6. The fourth-order valence-electron chi connectivity index (χ4n) is 4.16. The van der Waals surface area contributed by atoms with Crippen LogP contribution in [0.1, 0.15) is 22.8 Å². The summed E-state index contributed by atoms with van der Waals surface area (Å²) in [5.41, 5.74) is 3.09. The molecule has 0 atom stereocenters. The highest BCUT2D eigenvalue weighted by Gasteiger charge is 2.16. The molecule has 0 saturated carbocycles. The van der Waals surface area contributed by atoms with Gasteiger partial charge in [0.2, 0.25) is 5.91 Å². The van der Waals surface area contributed by atoms with E-state index in [0.29, 0.717) is 28.6 Å². The smallest absolute Gasteiger partial charge is 0.272 e. The molecule has 0 radical (unpaired) electrons. The largest absolute Gasteiger partial charge is 0.494 e. The molecule has 0 fully saturated rings. The Morgan fingerprint density at radius 3 is 2.30 bits per heavy atom. The average Bonchev–Trinajstić information content (AvgIpc) is 3.54. The highest BCUT2D eigenvalue weighted by Crippen LogP contribution is 2.27. The summed E-state index contributed by atoms with van der Waals surface area (Å²) in [6.45, 7) is 2.53. The minimum atomic E-state index is -0.554. The zero-order chi connectivity index (χ0) is 32.3. The van der Waals surface area contributed by atoms with Gasteiger partial charge in [0.25, 0.3) is 11.8 Å². The van der Waals surface area contributed by atoms with Gasteiger partial charge in [-0.3, -0.25) is 14.4 Å². The average molecular weight is 653 g/mol. The van der Waals surface area contributed by atoms with Gasteiger partial charge in [0.05, 0.1) is 18.1 Å². The quantitative estimate of drug-likeness (QED) is 0.0952. The van der Waals surface area contributed by atoms with Crippen LogP contribution in [0.15, 0.2) is 119 Å². The molecule has 5 rings (SSSR count). The molecule has 4 aromatic carbocycles. The third-order valence-electron chi connectivity index (χ3n) is 6.40. The number of anilines is 2. The maximum Gasteiger partial charge on any atom is 0.272 e. The summed E-state index contributed by atoms with van der Waals surface area (Å²) >= 11 is 2.69. The highest BCUT2D eigenvalue weighted by molar-refractivity contribution is 8.00. The van der Waals surface area contributed by atoms with Crippen LogP contribution in [0.4, 0.5) is 15.2 Å². The molecule has 0 bridgehead atoms. The van der Waals surface area contributed by atoms with Crippen LogP contribution in [0.25, 0.3) is 17.3 Å². The van der Waals surface area contributed by atoms with Gasteiger partial charge in [0.15, 0.2) is 5.13 Å². The molecule has 1 heterocycles. The summed E-state index contributed by atoms with van der Waals surface area (Å²) in [5, 5.41) is 10.7. The zero-order valence-corrected chi connectivity index (χ0v) is 26.3. The number of carbonyl (C=O) groups is 3. The summed E-state index contributed by atoms with van der Waals surface area (Å²) in [4.78, 5) is 44.0. The number of rotatable bonds is 12. The van der Waals surface area contributed by atoms with Crippen molar-refractivity contribution >= 4 is 57.7 Å². The molecule has 3 amide bonds. The Hall–Kier alpha value is -5.26. The molecule has 46 heavy (non-hydrogen) atoms. The van der Waals surface area contributed by atoms with E-state index in [1.165, 1.54) is 53.4 Å². The van der Waals surface area contributed by atoms with Crippen LogP contribution in [-0.4, -0.2) is 35.1 Å². The van der Waals surface area contributed by atoms with Crippen molar-refractivity contribution in [2.75, 3.05) is 23.0 Å². The van der Waals surface area contributed by atoms with E-state index in [0.717, 1.165) is 21.9 Å². The van der Waals surface area contributed by atoms with Crippen LogP contribution in [-0.2, 0) is 9.59 Å². The Labute approximate surface area is 273 Å². The maximum absolute atomic E-state index is 13.4. The number of aromatic nitrogens is 1. The number of thiazole rings is 1. The van der Waals surface area contributed by atoms with Crippen molar-refractivity contribution in [3.63, 3.8) is 0 Å². The predicted molar refractivity (Wildman–Crippen MR) is 181 cm³/mol. The van der Waals surface area contributed by atoms with E-state index in [-0.39, 0.29) is 17.4 Å². The van der Waals surface area contributed by atoms with Gasteiger partial charge in [-0.2, -0.15) is 0 Å². The molecule has 5 aromatic rings. The van der Waals surface area contributed by atoms with E-state index in [9.17, 15) is 18.8 Å². The first-order valence-electron chi connectivity index (χ1n) is 14.2. The number of halogens is 1. The molecule has 0 aliphatic carbocycles. The summed E-state index contributed by atoms with van der Waals surface area (Å²) in [6, 6.07) is 28.7. The molecule has 1 aromatic heterocycles. The number of carbonyl (C=O) groups excluding carboxylic acids is 3. The van der Waals surface area contributed by atoms with Crippen LogP contribution >= 0.6 is 23.1 Å². The number of hydrogen-bond donors (Lipinski definition) is 3. The van der Waals surface area contributed by atoms with Crippen molar-refractivity contribution < 1.29 is 23.5 Å². The lowest BCUT2D eigenvalue weighted by Gasteiger charge is -2.12. The van der Waals surface area contributed by atoms with Crippen LogP contribution in [0.5, 0.6) is 5.75 Å². The number of ether oxygens (including phenoxy) is 1. The number of amides is 3. The van der Waals surface area contributed by atoms with Gasteiger partial charge in [0, 0.05) is 27.1 Å². The first-order chi connectivity index (χ1) is 22.4. The highest BCUT2D eigenvalue weighted by atomic mass is 32.2. The number of nitrogens with one attached hydrogen (secondary N) is 3. The van der Waals surface area contributed by atoms with Gasteiger partial charge >= 0.3 is 0 Å². The van der Waals surface area contributed by atoms with E-state index in [2.05, 4.69) is 20.9 Å². The predicted octanol–water partition coefficient (Wildman–Crippen LogP) is 7.49. The van der Waals surface area contributed by atoms with E-state index in [4.69, 9.17) is 4.74 Å². The second kappa shape index (κ2) is 15.6. The molecule has 0 saturated heterocycles. The Bertz CT molecular complexity index is 1830. The summed E-state index contributed by atoms with van der Waals surface area (Å²) in [5.74, 6) is -0.664. The fourth-order valence-corrected chi connectivity index (χ4v) is 5.59. The van der Waals surface area contributed by atoms with Gasteiger partial charge in [-0.05, 0) is 91.4 Å². The number of nitrogens with zero attached hydrogens (tertiary/aromatic N) is 1. The lowest BCUT2D eigenvalue weighted by molar-refractivity contribution is -0.114. The maximum atomic E-state index is 13.4. The normalized spacial score (nSPS) is 11.0.